The van der Waals surface area contributed by atoms with Crippen LogP contribution in [0.15, 0.2) is 139 Å². The second kappa shape index (κ2) is 42.3. The van der Waals surface area contributed by atoms with Crippen LogP contribution in [0, 0.1) is 47.3 Å². The third-order valence-electron chi connectivity index (χ3n) is 26.6. The molecule has 0 atom stereocenters. The molecule has 4 heterocycles. The number of hydrogen-bond acceptors (Lipinski definition) is 18. The third-order valence-corrected chi connectivity index (χ3v) is 29.0. The maximum absolute atomic E-state index is 13.7. The Bertz CT molecular complexity index is 6380. The Kier molecular flexibility index (Phi) is 31.7. The molecule has 4 aliphatic carbocycles. The molecule has 2 N–H and O–H groups in total. The lowest BCUT2D eigenvalue weighted by atomic mass is 9.82. The number of anilines is 4. The first-order valence-electron chi connectivity index (χ1n) is 46.1. The zero-order valence-corrected chi connectivity index (χ0v) is 81.6. The van der Waals surface area contributed by atoms with Crippen LogP contribution in [0.1, 0.15) is 250 Å². The number of carbonyl (C=O) groups is 8. The fraction of sp³-hybridized carbons (Fsp3) is 0.467. The van der Waals surface area contributed by atoms with Crippen molar-refractivity contribution in [1.82, 2.24) is 0 Å². The molecule has 4 saturated carbocycles. The van der Waals surface area contributed by atoms with Gasteiger partial charge in [-0.15, -0.1) is 11.6 Å². The van der Waals surface area contributed by atoms with Gasteiger partial charge in [0.15, 0.2) is 9.84 Å². The molecular formula is C105H125ClN4O18S3. The number of halogens is 1. The van der Waals surface area contributed by atoms with Crippen LogP contribution >= 0.6 is 35.1 Å². The van der Waals surface area contributed by atoms with Gasteiger partial charge in [0.1, 0.15) is 44.7 Å². The van der Waals surface area contributed by atoms with Crippen LogP contribution in [0.5, 0.6) is 0 Å². The highest BCUT2D eigenvalue weighted by atomic mass is 35.5. The standard InChI is InChI=1S/C27H33NO4S.C26H30ClNO4.C26H31NO6S.C26H31NO4S/c1-16(2)28(26(29)19-9-6-17(3)7-10-19)23-13-21-20-12-18(15-33-5)8-11-24(20)32-25(21)14-22(23)27(30)31-4;1-15(2)28(25(29)18-8-5-16(3)6-9-18)22-12-20-19-11-17(14-27)7-10-23(19)32-24(20)13-21(22)26(30)31-4;1-15(2)27(25(28)18-8-5-16(3)6-9-18)22-12-20-19-11-17(14-34(4,31)32)7-10-23(19)33-24(20)13-21(22)26(29)30;1-15(2)27(25(28)18-8-5-16(3)6-9-18)22-12-20-19-11-17(14-32-4)7-10-23(19)31-24(20)13-21(22)26(29)30/h8,11-14,16-17,19H,6-7,9-10,15H2,1-5H3;7,10-13,15-16,18H,5-6,8-9,14H2,1-4H3;7,10-13,15-16,18H,5-6,8-9,14H2,1-4H3,(H,29,30);7,10-13,15-16,18H,5-6,8-9,14H2,1-4H3,(H,29,30). The molecule has 0 spiro atoms. The number of amides is 4. The number of benzene rings is 8. The van der Waals surface area contributed by atoms with Crippen LogP contribution in [0.3, 0.4) is 0 Å². The molecular weight excluding hydrogens is 1740 g/mol. The SMILES string of the molecule is CC1CCC(C(=O)N(c2cc3c(cc2C(=O)O)oc2ccc(CS(C)(=O)=O)cc23)C(C)C)CC1.COC(=O)c1cc2oc3ccc(CCl)cc3c2cc1N(C(=O)C1CCC(C)CC1)C(C)C.COC(=O)c1cc2oc3ccc(CSC)cc3c2cc1N(C(=O)C1CCC(C)CC1)C(C)C.CSCc1ccc2oc3cc(C(=O)O)c(N(C(=O)C4CCC(C)CC4)C(C)C)cc3c2c1. The molecule has 22 nitrogen and oxygen atoms in total. The van der Waals surface area contributed by atoms with E-state index in [1.54, 1.807) is 85.6 Å². The summed E-state index contributed by atoms with van der Waals surface area (Å²) in [7, 11) is -0.500. The summed E-state index contributed by atoms with van der Waals surface area (Å²) in [6.07, 6.45) is 20.5. The third kappa shape index (κ3) is 22.0. The van der Waals surface area contributed by atoms with E-state index < -0.39 is 33.7 Å². The molecule has 26 heteroatoms. The van der Waals surface area contributed by atoms with Gasteiger partial charge in [-0.2, -0.15) is 23.5 Å². The number of hydrogen-bond donors (Lipinski definition) is 2. The first kappa shape index (κ1) is 98.2. The van der Waals surface area contributed by atoms with Crippen molar-refractivity contribution in [3.8, 4) is 0 Å². The zero-order valence-electron chi connectivity index (χ0n) is 78.4. The van der Waals surface area contributed by atoms with E-state index in [1.807, 2.05) is 110 Å². The lowest BCUT2D eigenvalue weighted by Crippen LogP contribution is -2.43. The number of carboxylic acid groups (broad SMARTS) is 2. The summed E-state index contributed by atoms with van der Waals surface area (Å²) in [6, 6.07) is 36.5. The fourth-order valence-corrected chi connectivity index (χ4v) is 21.5. The summed E-state index contributed by atoms with van der Waals surface area (Å²) in [5.41, 5.74) is 11.6. The van der Waals surface area contributed by atoms with E-state index in [0.29, 0.717) is 113 Å². The van der Waals surface area contributed by atoms with E-state index in [4.69, 9.17) is 38.7 Å². The second-order valence-electron chi connectivity index (χ2n) is 37.9. The van der Waals surface area contributed by atoms with Crippen molar-refractivity contribution in [3.63, 3.8) is 0 Å². The lowest BCUT2D eigenvalue weighted by molar-refractivity contribution is -0.124. The summed E-state index contributed by atoms with van der Waals surface area (Å²) >= 11 is 9.56. The van der Waals surface area contributed by atoms with Gasteiger partial charge in [-0.3, -0.25) is 19.2 Å². The minimum Gasteiger partial charge on any atom is -0.478 e. The molecule has 131 heavy (non-hydrogen) atoms. The quantitative estimate of drug-likeness (QED) is 0.0444. The molecule has 0 radical (unpaired) electrons. The van der Waals surface area contributed by atoms with Gasteiger partial charge in [0, 0.05) is 115 Å². The van der Waals surface area contributed by atoms with Gasteiger partial charge in [0.05, 0.1) is 65.0 Å². The van der Waals surface area contributed by atoms with E-state index in [2.05, 4.69) is 58.4 Å². The van der Waals surface area contributed by atoms with Gasteiger partial charge in [-0.05, 0) is 314 Å². The number of esters is 2. The summed E-state index contributed by atoms with van der Waals surface area (Å²) in [4.78, 5) is 111. The second-order valence-corrected chi connectivity index (χ2v) is 42.0. The number of sulfone groups is 1. The van der Waals surface area contributed by atoms with E-state index in [-0.39, 0.29) is 88.3 Å². The molecule has 4 aromatic heterocycles. The number of carbonyl (C=O) groups excluding carboxylic acids is 6. The van der Waals surface area contributed by atoms with E-state index in [0.717, 1.165) is 163 Å². The van der Waals surface area contributed by atoms with E-state index in [1.165, 1.54) is 37.7 Å². The number of methoxy groups -OCH3 is 2. The van der Waals surface area contributed by atoms with Crippen LogP contribution in [0.4, 0.5) is 22.7 Å². The Labute approximate surface area is 780 Å². The molecule has 4 amide bonds. The highest BCUT2D eigenvalue weighted by molar-refractivity contribution is 7.98. The number of nitrogens with zero attached hydrogens (tertiary/aromatic N) is 4. The number of rotatable bonds is 23. The van der Waals surface area contributed by atoms with Crippen molar-refractivity contribution in [2.75, 3.05) is 52.6 Å². The van der Waals surface area contributed by atoms with E-state index >= 15 is 0 Å². The fourth-order valence-electron chi connectivity index (χ4n) is 19.5. The monoisotopic (exact) mass is 1860 g/mol. The molecule has 0 unspecified atom stereocenters. The zero-order chi connectivity index (χ0) is 94.5. The predicted molar refractivity (Wildman–Crippen MR) is 529 cm³/mol. The number of alkyl halides is 1. The van der Waals surface area contributed by atoms with Crippen molar-refractivity contribution in [2.24, 2.45) is 47.3 Å². The molecule has 8 aromatic carbocycles. The number of fused-ring (bicyclic) bond motifs is 12. The molecule has 4 aliphatic rings. The first-order chi connectivity index (χ1) is 62.4. The number of thioether (sulfide) groups is 2. The Balaban J connectivity index is 0.000000149. The van der Waals surface area contributed by atoms with Crippen molar-refractivity contribution >= 4 is 203 Å². The molecule has 4 fully saturated rings. The average molecular weight is 1860 g/mol. The normalized spacial score (nSPS) is 18.9. The minimum atomic E-state index is -3.22. The smallest absolute Gasteiger partial charge is 0.340 e. The van der Waals surface area contributed by atoms with Gasteiger partial charge >= 0.3 is 23.9 Å². The number of aromatic carboxylic acids is 2. The average Bonchev–Trinajstić information content (AvgIpc) is 1.66. The van der Waals surface area contributed by atoms with Gasteiger partial charge in [0.2, 0.25) is 23.6 Å². The van der Waals surface area contributed by atoms with Gasteiger partial charge < -0.3 is 57.0 Å². The van der Waals surface area contributed by atoms with E-state index in [9.17, 15) is 57.0 Å². The van der Waals surface area contributed by atoms with Crippen molar-refractivity contribution < 1.29 is 84.1 Å². The summed E-state index contributed by atoms with van der Waals surface area (Å²) < 4.78 is 57.7. The van der Waals surface area contributed by atoms with Crippen molar-refractivity contribution in [2.45, 2.75) is 233 Å². The maximum Gasteiger partial charge on any atom is 0.340 e. The minimum absolute atomic E-state index is 0.00847. The van der Waals surface area contributed by atoms with Crippen LogP contribution in [-0.2, 0) is 61.6 Å². The van der Waals surface area contributed by atoms with Gasteiger partial charge in [-0.1, -0.05) is 52.0 Å². The summed E-state index contributed by atoms with van der Waals surface area (Å²) in [6.45, 7) is 24.5. The molecule has 0 saturated heterocycles. The molecule has 698 valence electrons. The van der Waals surface area contributed by atoms with Crippen LogP contribution in [-0.4, -0.2) is 123 Å². The lowest BCUT2D eigenvalue weighted by Gasteiger charge is -2.34. The number of carboxylic acids is 2. The Morgan fingerprint density at radius 2 is 0.588 bits per heavy atom. The first-order valence-corrected chi connectivity index (χ1v) is 51.4. The predicted octanol–water partition coefficient (Wildman–Crippen LogP) is 25.6. The van der Waals surface area contributed by atoms with Gasteiger partial charge in [0.25, 0.3) is 0 Å². The maximum atomic E-state index is 13.7. The highest BCUT2D eigenvalue weighted by Crippen LogP contribution is 2.46. The summed E-state index contributed by atoms with van der Waals surface area (Å²) in [5, 5.41) is 26.8. The number of furan rings is 4. The van der Waals surface area contributed by atoms with Crippen molar-refractivity contribution in [1.29, 1.82) is 0 Å². The molecule has 12 aromatic rings. The number of ether oxygens (including phenoxy) is 2. The van der Waals surface area contributed by atoms with Gasteiger partial charge in [-0.25, -0.2) is 27.6 Å². The summed E-state index contributed by atoms with van der Waals surface area (Å²) in [5.74, 6) is 1.44. The van der Waals surface area contributed by atoms with Crippen LogP contribution in [0.25, 0.3) is 87.8 Å². The highest BCUT2D eigenvalue weighted by Gasteiger charge is 2.39. The Morgan fingerprint density at radius 3 is 0.824 bits per heavy atom. The van der Waals surface area contributed by atoms with Crippen molar-refractivity contribution in [3.05, 3.63) is 166 Å². The topological polar surface area (TPSA) is 295 Å². The molecule has 0 aliphatic heterocycles. The molecule has 0 bridgehead atoms. The van der Waals surface area contributed by atoms with Crippen LogP contribution in [0.2, 0.25) is 0 Å². The van der Waals surface area contributed by atoms with Crippen LogP contribution < -0.4 is 19.6 Å². The molecule has 16 rings (SSSR count). The Hall–Kier alpha value is -10.3. The Morgan fingerprint density at radius 1 is 0.359 bits per heavy atom. The largest absolute Gasteiger partial charge is 0.478 e.